The molecule has 2 heterocycles. The van der Waals surface area contributed by atoms with Crippen molar-refractivity contribution in [1.82, 2.24) is 10.2 Å². The summed E-state index contributed by atoms with van der Waals surface area (Å²) >= 11 is 0. The largest absolute Gasteiger partial charge is 0.493 e. The third-order valence-electron chi connectivity index (χ3n) is 4.87. The Hall–Kier alpha value is -1.06. The average molecular weight is 260 g/mol. The number of nitrogens with one attached hydrogen (secondary N) is 1. The molecular formula is C16H24N2O. The highest BCUT2D eigenvalue weighted by atomic mass is 16.5. The highest BCUT2D eigenvalue weighted by Gasteiger charge is 2.33. The van der Waals surface area contributed by atoms with Crippen molar-refractivity contribution in [3.63, 3.8) is 0 Å². The fraction of sp³-hybridized carbons (Fsp3) is 0.625. The molecule has 104 valence electrons. The molecule has 1 saturated heterocycles. The second-order valence-electron chi connectivity index (χ2n) is 6.04. The van der Waals surface area contributed by atoms with Crippen LogP contribution in [0, 0.1) is 0 Å². The third-order valence-corrected chi connectivity index (χ3v) is 4.87. The highest BCUT2D eigenvalue weighted by Crippen LogP contribution is 2.37. The van der Waals surface area contributed by atoms with Crippen LogP contribution in [-0.2, 0) is 0 Å². The lowest BCUT2D eigenvalue weighted by Gasteiger charge is -2.44. The normalized spacial score (nSPS) is 26.5. The lowest BCUT2D eigenvalue weighted by Crippen LogP contribution is -2.51. The molecule has 3 rings (SSSR count). The van der Waals surface area contributed by atoms with E-state index in [1.54, 1.807) is 0 Å². The molecule has 0 radical (unpaired) electrons. The number of benzene rings is 1. The Morgan fingerprint density at radius 3 is 2.74 bits per heavy atom. The van der Waals surface area contributed by atoms with Crippen LogP contribution in [0.4, 0.5) is 0 Å². The number of ether oxygens (including phenoxy) is 1. The minimum atomic E-state index is 0.321. The van der Waals surface area contributed by atoms with Gasteiger partial charge in [0.1, 0.15) is 5.75 Å². The van der Waals surface area contributed by atoms with Crippen LogP contribution in [0.15, 0.2) is 24.3 Å². The number of piperidine rings is 1. The van der Waals surface area contributed by atoms with Crippen LogP contribution in [0.3, 0.4) is 0 Å². The van der Waals surface area contributed by atoms with Gasteiger partial charge in [0.2, 0.25) is 0 Å². The molecule has 1 unspecified atom stereocenters. The summed E-state index contributed by atoms with van der Waals surface area (Å²) in [4.78, 5) is 2.64. The van der Waals surface area contributed by atoms with E-state index in [-0.39, 0.29) is 0 Å². The highest BCUT2D eigenvalue weighted by molar-refractivity contribution is 5.37. The first-order chi connectivity index (χ1) is 9.22. The predicted molar refractivity (Wildman–Crippen MR) is 77.6 cm³/mol. The van der Waals surface area contributed by atoms with Gasteiger partial charge < -0.3 is 10.1 Å². The summed E-state index contributed by atoms with van der Waals surface area (Å²) in [5.41, 5.74) is 1.70. The summed E-state index contributed by atoms with van der Waals surface area (Å²) < 4.78 is 5.77. The molecule has 3 heteroatoms. The van der Waals surface area contributed by atoms with E-state index in [4.69, 9.17) is 4.74 Å². The van der Waals surface area contributed by atoms with Gasteiger partial charge in [-0.1, -0.05) is 18.2 Å². The van der Waals surface area contributed by atoms with Crippen LogP contribution in [0.2, 0.25) is 0 Å². The maximum absolute atomic E-state index is 5.77. The SMILES string of the molecule is CNC1(C)CCN(C2CCOc3ccccc32)CC1. The fourth-order valence-corrected chi connectivity index (χ4v) is 3.28. The Labute approximate surface area is 115 Å². The molecule has 0 spiro atoms. The number of fused-ring (bicyclic) bond motifs is 1. The molecule has 1 aromatic carbocycles. The summed E-state index contributed by atoms with van der Waals surface area (Å²) in [5, 5.41) is 3.47. The lowest BCUT2D eigenvalue weighted by atomic mass is 9.87. The fourth-order valence-electron chi connectivity index (χ4n) is 3.28. The Morgan fingerprint density at radius 2 is 2.00 bits per heavy atom. The van der Waals surface area contributed by atoms with Gasteiger partial charge >= 0.3 is 0 Å². The van der Waals surface area contributed by atoms with Gasteiger partial charge in [-0.3, -0.25) is 4.90 Å². The summed E-state index contributed by atoms with van der Waals surface area (Å²) in [5.74, 6) is 1.08. The molecule has 2 aliphatic heterocycles. The minimum Gasteiger partial charge on any atom is -0.493 e. The van der Waals surface area contributed by atoms with E-state index in [1.165, 1.54) is 31.5 Å². The second kappa shape index (κ2) is 5.14. The summed E-state index contributed by atoms with van der Waals surface area (Å²) in [6.07, 6.45) is 3.57. The van der Waals surface area contributed by atoms with Crippen molar-refractivity contribution in [3.05, 3.63) is 29.8 Å². The maximum atomic E-state index is 5.77. The van der Waals surface area contributed by atoms with Crippen LogP contribution in [0.25, 0.3) is 0 Å². The van der Waals surface area contributed by atoms with Gasteiger partial charge in [-0.15, -0.1) is 0 Å². The molecule has 1 aromatic rings. The summed E-state index contributed by atoms with van der Waals surface area (Å²) in [6, 6.07) is 9.07. The van der Waals surface area contributed by atoms with Crippen LogP contribution in [0.5, 0.6) is 5.75 Å². The first-order valence-electron chi connectivity index (χ1n) is 7.36. The van der Waals surface area contributed by atoms with Crippen molar-refractivity contribution < 1.29 is 4.74 Å². The topological polar surface area (TPSA) is 24.5 Å². The molecule has 0 aliphatic carbocycles. The molecule has 1 N–H and O–H groups in total. The van der Waals surface area contributed by atoms with E-state index in [9.17, 15) is 0 Å². The second-order valence-corrected chi connectivity index (χ2v) is 6.04. The predicted octanol–water partition coefficient (Wildman–Crippen LogP) is 2.58. The van der Waals surface area contributed by atoms with Crippen molar-refractivity contribution in [2.24, 2.45) is 0 Å². The zero-order chi connectivity index (χ0) is 13.3. The van der Waals surface area contributed by atoms with Gasteiger partial charge in [-0.2, -0.15) is 0 Å². The Bertz CT molecular complexity index is 438. The Kier molecular flexibility index (Phi) is 3.50. The minimum absolute atomic E-state index is 0.321. The standard InChI is InChI=1S/C16H24N2O/c1-16(17-2)8-10-18(11-9-16)14-7-12-19-15-6-4-3-5-13(14)15/h3-6,14,17H,7-12H2,1-2H3. The van der Waals surface area contributed by atoms with Crippen LogP contribution >= 0.6 is 0 Å². The number of para-hydroxylation sites is 1. The van der Waals surface area contributed by atoms with Gasteiger partial charge in [0.25, 0.3) is 0 Å². The first-order valence-corrected chi connectivity index (χ1v) is 7.36. The van der Waals surface area contributed by atoms with Crippen molar-refractivity contribution in [2.75, 3.05) is 26.7 Å². The quantitative estimate of drug-likeness (QED) is 0.884. The Morgan fingerprint density at radius 1 is 1.26 bits per heavy atom. The van der Waals surface area contributed by atoms with Crippen molar-refractivity contribution in [3.8, 4) is 5.75 Å². The summed E-state index contributed by atoms with van der Waals surface area (Å²) in [7, 11) is 2.08. The van der Waals surface area contributed by atoms with Gasteiger partial charge in [0, 0.05) is 36.7 Å². The van der Waals surface area contributed by atoms with E-state index in [0.717, 1.165) is 18.8 Å². The first kappa shape index (κ1) is 12.9. The van der Waals surface area contributed by atoms with Crippen molar-refractivity contribution in [2.45, 2.75) is 37.8 Å². The van der Waals surface area contributed by atoms with Gasteiger partial charge in [-0.05, 0) is 32.9 Å². The van der Waals surface area contributed by atoms with Crippen LogP contribution < -0.4 is 10.1 Å². The number of likely N-dealkylation sites (tertiary alicyclic amines) is 1. The van der Waals surface area contributed by atoms with E-state index in [0.29, 0.717) is 11.6 Å². The Balaban J connectivity index is 1.75. The molecule has 19 heavy (non-hydrogen) atoms. The molecule has 0 amide bonds. The number of rotatable bonds is 2. The van der Waals surface area contributed by atoms with Gasteiger partial charge in [0.05, 0.1) is 6.61 Å². The van der Waals surface area contributed by atoms with Crippen molar-refractivity contribution in [1.29, 1.82) is 0 Å². The maximum Gasteiger partial charge on any atom is 0.124 e. The van der Waals surface area contributed by atoms with Gasteiger partial charge in [0.15, 0.2) is 0 Å². The average Bonchev–Trinajstić information content (AvgIpc) is 2.48. The molecule has 2 aliphatic rings. The lowest BCUT2D eigenvalue weighted by molar-refractivity contribution is 0.0842. The molecule has 0 saturated carbocycles. The zero-order valence-corrected chi connectivity index (χ0v) is 12.0. The van der Waals surface area contributed by atoms with Gasteiger partial charge in [-0.25, -0.2) is 0 Å². The van der Waals surface area contributed by atoms with E-state index < -0.39 is 0 Å². The zero-order valence-electron chi connectivity index (χ0n) is 12.0. The van der Waals surface area contributed by atoms with Crippen LogP contribution in [0.1, 0.15) is 37.8 Å². The third kappa shape index (κ3) is 2.49. The van der Waals surface area contributed by atoms with E-state index >= 15 is 0 Å². The van der Waals surface area contributed by atoms with Crippen LogP contribution in [-0.4, -0.2) is 37.2 Å². The molecule has 0 bridgehead atoms. The number of hydrogen-bond acceptors (Lipinski definition) is 3. The monoisotopic (exact) mass is 260 g/mol. The smallest absolute Gasteiger partial charge is 0.124 e. The van der Waals surface area contributed by atoms with Crippen molar-refractivity contribution >= 4 is 0 Å². The van der Waals surface area contributed by atoms with E-state index in [2.05, 4.69) is 48.5 Å². The number of hydrogen-bond donors (Lipinski definition) is 1. The summed E-state index contributed by atoms with van der Waals surface area (Å²) in [6.45, 7) is 5.54. The van der Waals surface area contributed by atoms with E-state index in [1.807, 2.05) is 0 Å². The molecular weight excluding hydrogens is 236 g/mol. The molecule has 1 atom stereocenters. The molecule has 0 aromatic heterocycles. The molecule has 1 fully saturated rings. The number of nitrogens with zero attached hydrogens (tertiary/aromatic N) is 1. The molecule has 3 nitrogen and oxygen atoms in total.